The smallest absolute Gasteiger partial charge is 0.0922 e. The molecule has 2 N–H and O–H groups in total. The number of aryl methyl sites for hydroxylation is 1. The van der Waals surface area contributed by atoms with Gasteiger partial charge in [-0.05, 0) is 13.8 Å². The molecule has 0 radical (unpaired) electrons. The Bertz CT molecular complexity index is 417. The molecule has 0 aliphatic heterocycles. The van der Waals surface area contributed by atoms with Gasteiger partial charge in [-0.1, -0.05) is 0 Å². The number of rotatable bonds is 5. The van der Waals surface area contributed by atoms with E-state index in [1.54, 1.807) is 6.33 Å². The van der Waals surface area contributed by atoms with Gasteiger partial charge in [-0.3, -0.25) is 4.68 Å². The van der Waals surface area contributed by atoms with Gasteiger partial charge >= 0.3 is 0 Å². The Morgan fingerprint density at radius 2 is 2.38 bits per heavy atom. The number of hydrogen-bond donors (Lipinski definition) is 2. The van der Waals surface area contributed by atoms with E-state index in [2.05, 4.69) is 40.4 Å². The molecule has 0 fully saturated rings. The van der Waals surface area contributed by atoms with Crippen molar-refractivity contribution in [1.29, 1.82) is 0 Å². The number of hydrogen-bond acceptors (Lipinski definition) is 3. The Morgan fingerprint density at radius 3 is 3.00 bits per heavy atom. The van der Waals surface area contributed by atoms with Crippen molar-refractivity contribution < 1.29 is 0 Å². The van der Waals surface area contributed by atoms with Gasteiger partial charge < -0.3 is 10.3 Å². The molecule has 2 heterocycles. The van der Waals surface area contributed by atoms with E-state index in [1.165, 1.54) is 5.56 Å². The maximum Gasteiger partial charge on any atom is 0.0922 e. The summed E-state index contributed by atoms with van der Waals surface area (Å²) in [6, 6.07) is 0.295. The second-order valence-electron chi connectivity index (χ2n) is 3.81. The molecule has 5 nitrogen and oxygen atoms in total. The Hall–Kier alpha value is -1.62. The van der Waals surface area contributed by atoms with Crippen molar-refractivity contribution in [2.75, 3.05) is 0 Å². The molecule has 0 bridgehead atoms. The van der Waals surface area contributed by atoms with Gasteiger partial charge in [0.1, 0.15) is 0 Å². The van der Waals surface area contributed by atoms with Crippen molar-refractivity contribution in [3.05, 3.63) is 36.2 Å². The fraction of sp³-hybridized carbons (Fsp3) is 0.455. The lowest BCUT2D eigenvalue weighted by Crippen LogP contribution is -2.17. The molecular formula is C11H17N5. The predicted octanol–water partition coefficient (Wildman–Crippen LogP) is 1.48. The lowest BCUT2D eigenvalue weighted by molar-refractivity contribution is 0.567. The highest BCUT2D eigenvalue weighted by Gasteiger charge is 2.07. The summed E-state index contributed by atoms with van der Waals surface area (Å²) >= 11 is 0. The summed E-state index contributed by atoms with van der Waals surface area (Å²) in [5.41, 5.74) is 2.30. The van der Waals surface area contributed by atoms with Crippen molar-refractivity contribution >= 4 is 0 Å². The monoisotopic (exact) mass is 219 g/mol. The van der Waals surface area contributed by atoms with Crippen LogP contribution in [0.15, 0.2) is 24.9 Å². The molecule has 5 heteroatoms. The lowest BCUT2D eigenvalue weighted by atomic mass is 10.2. The minimum absolute atomic E-state index is 0.295. The third kappa shape index (κ3) is 2.49. The molecule has 1 atom stereocenters. The van der Waals surface area contributed by atoms with Crippen LogP contribution in [-0.4, -0.2) is 19.7 Å². The molecule has 2 aromatic heterocycles. The van der Waals surface area contributed by atoms with Crippen LogP contribution in [-0.2, 0) is 13.1 Å². The third-order valence-corrected chi connectivity index (χ3v) is 2.63. The maximum absolute atomic E-state index is 4.26. The van der Waals surface area contributed by atoms with Crippen LogP contribution in [0.5, 0.6) is 0 Å². The molecule has 0 aliphatic carbocycles. The van der Waals surface area contributed by atoms with Crippen molar-refractivity contribution in [2.24, 2.45) is 0 Å². The van der Waals surface area contributed by atoms with Crippen molar-refractivity contribution in [3.8, 4) is 0 Å². The standard InChI is InChI=1S/C11H17N5/c1-3-16-7-10(4-15-16)9(2)13-6-11-5-12-8-14-11/h4-5,7-9,13H,3,6H2,1-2H3,(H,12,14). The molecule has 86 valence electrons. The number of nitrogens with one attached hydrogen (secondary N) is 2. The zero-order valence-electron chi connectivity index (χ0n) is 9.64. The van der Waals surface area contributed by atoms with E-state index in [-0.39, 0.29) is 0 Å². The molecule has 0 amide bonds. The van der Waals surface area contributed by atoms with Gasteiger partial charge in [0, 0.05) is 42.8 Å². The number of aromatic amines is 1. The second kappa shape index (κ2) is 4.94. The van der Waals surface area contributed by atoms with Crippen LogP contribution in [0, 0.1) is 0 Å². The van der Waals surface area contributed by atoms with Gasteiger partial charge in [0.2, 0.25) is 0 Å². The van der Waals surface area contributed by atoms with Crippen LogP contribution in [0.2, 0.25) is 0 Å². The van der Waals surface area contributed by atoms with E-state index >= 15 is 0 Å². The summed E-state index contributed by atoms with van der Waals surface area (Å²) in [5, 5.41) is 7.67. The maximum atomic E-state index is 4.26. The Kier molecular flexibility index (Phi) is 3.36. The van der Waals surface area contributed by atoms with Crippen LogP contribution < -0.4 is 5.32 Å². The Balaban J connectivity index is 1.90. The average molecular weight is 219 g/mol. The largest absolute Gasteiger partial charge is 0.347 e. The first kappa shape index (κ1) is 10.9. The Labute approximate surface area is 94.9 Å². The Morgan fingerprint density at radius 1 is 1.50 bits per heavy atom. The quantitative estimate of drug-likeness (QED) is 0.800. The molecular weight excluding hydrogens is 202 g/mol. The topological polar surface area (TPSA) is 58.5 Å². The zero-order chi connectivity index (χ0) is 11.4. The highest BCUT2D eigenvalue weighted by atomic mass is 15.3. The van der Waals surface area contributed by atoms with Crippen molar-refractivity contribution in [2.45, 2.75) is 33.0 Å². The molecule has 0 saturated carbocycles. The first-order chi connectivity index (χ1) is 7.79. The molecule has 0 aliphatic rings. The molecule has 0 aromatic carbocycles. The fourth-order valence-electron chi connectivity index (χ4n) is 1.54. The first-order valence-electron chi connectivity index (χ1n) is 5.52. The number of imidazole rings is 1. The highest BCUT2D eigenvalue weighted by Crippen LogP contribution is 2.11. The van der Waals surface area contributed by atoms with Crippen LogP contribution >= 0.6 is 0 Å². The zero-order valence-corrected chi connectivity index (χ0v) is 9.64. The van der Waals surface area contributed by atoms with E-state index in [0.29, 0.717) is 6.04 Å². The van der Waals surface area contributed by atoms with Crippen LogP contribution in [0.25, 0.3) is 0 Å². The van der Waals surface area contributed by atoms with Gasteiger partial charge in [0.15, 0.2) is 0 Å². The van der Waals surface area contributed by atoms with Crippen molar-refractivity contribution in [1.82, 2.24) is 25.1 Å². The number of aromatic nitrogens is 4. The summed E-state index contributed by atoms with van der Waals surface area (Å²) in [4.78, 5) is 7.04. The summed E-state index contributed by atoms with van der Waals surface area (Å²) in [6.45, 7) is 5.92. The third-order valence-electron chi connectivity index (χ3n) is 2.63. The van der Waals surface area contributed by atoms with Gasteiger partial charge in [-0.25, -0.2) is 4.98 Å². The minimum Gasteiger partial charge on any atom is -0.347 e. The molecule has 0 saturated heterocycles. The van der Waals surface area contributed by atoms with Gasteiger partial charge in [0.25, 0.3) is 0 Å². The highest BCUT2D eigenvalue weighted by molar-refractivity contribution is 5.09. The van der Waals surface area contributed by atoms with Crippen LogP contribution in [0.1, 0.15) is 31.1 Å². The molecule has 1 unspecified atom stereocenters. The van der Waals surface area contributed by atoms with Crippen molar-refractivity contribution in [3.63, 3.8) is 0 Å². The summed E-state index contributed by atoms with van der Waals surface area (Å²) in [6.07, 6.45) is 7.50. The van der Waals surface area contributed by atoms with E-state index in [0.717, 1.165) is 18.8 Å². The lowest BCUT2D eigenvalue weighted by Gasteiger charge is -2.10. The fourth-order valence-corrected chi connectivity index (χ4v) is 1.54. The predicted molar refractivity (Wildman–Crippen MR) is 61.7 cm³/mol. The molecule has 0 spiro atoms. The van der Waals surface area contributed by atoms with Crippen LogP contribution in [0.3, 0.4) is 0 Å². The summed E-state index contributed by atoms with van der Waals surface area (Å²) < 4.78 is 1.93. The van der Waals surface area contributed by atoms with Gasteiger partial charge in [-0.15, -0.1) is 0 Å². The minimum atomic E-state index is 0.295. The SMILES string of the molecule is CCn1cc(C(C)NCc2cnc[nH]2)cn1. The molecule has 16 heavy (non-hydrogen) atoms. The second-order valence-corrected chi connectivity index (χ2v) is 3.81. The first-order valence-corrected chi connectivity index (χ1v) is 5.52. The molecule has 2 rings (SSSR count). The normalized spacial score (nSPS) is 12.9. The van der Waals surface area contributed by atoms with Gasteiger partial charge in [0.05, 0.1) is 12.5 Å². The van der Waals surface area contributed by atoms with E-state index < -0.39 is 0 Å². The van der Waals surface area contributed by atoms with E-state index in [9.17, 15) is 0 Å². The van der Waals surface area contributed by atoms with E-state index in [1.807, 2.05) is 17.1 Å². The van der Waals surface area contributed by atoms with E-state index in [4.69, 9.17) is 0 Å². The van der Waals surface area contributed by atoms with Crippen LogP contribution in [0.4, 0.5) is 0 Å². The number of H-pyrrole nitrogens is 1. The number of nitrogens with zero attached hydrogens (tertiary/aromatic N) is 3. The van der Waals surface area contributed by atoms with Gasteiger partial charge in [-0.2, -0.15) is 5.10 Å². The summed E-state index contributed by atoms with van der Waals surface area (Å²) in [7, 11) is 0. The average Bonchev–Trinajstić information content (AvgIpc) is 2.96. The summed E-state index contributed by atoms with van der Waals surface area (Å²) in [5.74, 6) is 0. The molecule has 2 aromatic rings.